The molecule has 1 aliphatic heterocycles. The van der Waals surface area contributed by atoms with Gasteiger partial charge in [-0.1, -0.05) is 0 Å². The Morgan fingerprint density at radius 3 is 3.10 bits per heavy atom. The SMILES string of the molecule is CC[NH+]1CCCC1CNC(=O)c1ccc(F)c(C#N)c1. The van der Waals surface area contributed by atoms with Crippen LogP contribution in [-0.4, -0.2) is 31.6 Å². The van der Waals surface area contributed by atoms with Gasteiger partial charge < -0.3 is 10.2 Å². The largest absolute Gasteiger partial charge is 0.346 e. The van der Waals surface area contributed by atoms with Crippen molar-refractivity contribution in [3.63, 3.8) is 0 Å². The average molecular weight is 276 g/mol. The Kier molecular flexibility index (Phi) is 4.70. The molecule has 106 valence electrons. The van der Waals surface area contributed by atoms with E-state index in [1.165, 1.54) is 23.5 Å². The highest BCUT2D eigenvalue weighted by Crippen LogP contribution is 2.09. The summed E-state index contributed by atoms with van der Waals surface area (Å²) in [5.41, 5.74) is 0.235. The van der Waals surface area contributed by atoms with Gasteiger partial charge in [0, 0.05) is 18.4 Å². The Balaban J connectivity index is 1.97. The summed E-state index contributed by atoms with van der Waals surface area (Å²) in [6.45, 7) is 5.00. The van der Waals surface area contributed by atoms with Crippen molar-refractivity contribution in [1.29, 1.82) is 5.26 Å². The second-order valence-electron chi connectivity index (χ2n) is 5.12. The first-order valence-electron chi connectivity index (χ1n) is 6.98. The molecule has 1 heterocycles. The molecule has 0 aliphatic carbocycles. The minimum absolute atomic E-state index is 0.0978. The number of nitrogens with zero attached hydrogens (tertiary/aromatic N) is 1. The van der Waals surface area contributed by atoms with E-state index in [1.807, 2.05) is 0 Å². The van der Waals surface area contributed by atoms with E-state index < -0.39 is 5.82 Å². The fourth-order valence-electron chi connectivity index (χ4n) is 2.77. The minimum atomic E-state index is -0.596. The Morgan fingerprint density at radius 2 is 2.40 bits per heavy atom. The van der Waals surface area contributed by atoms with Crippen LogP contribution in [0, 0.1) is 17.1 Å². The summed E-state index contributed by atoms with van der Waals surface area (Å²) in [7, 11) is 0. The number of likely N-dealkylation sites (N-methyl/N-ethyl adjacent to an activating group) is 1. The molecule has 4 nitrogen and oxygen atoms in total. The van der Waals surface area contributed by atoms with E-state index in [0.717, 1.165) is 25.6 Å². The molecule has 2 atom stereocenters. The van der Waals surface area contributed by atoms with Crippen LogP contribution < -0.4 is 10.2 Å². The van der Waals surface area contributed by atoms with Crippen molar-refractivity contribution in [1.82, 2.24) is 5.32 Å². The molecule has 20 heavy (non-hydrogen) atoms. The van der Waals surface area contributed by atoms with Gasteiger partial charge in [0.05, 0.1) is 25.2 Å². The molecular weight excluding hydrogens is 257 g/mol. The molecule has 1 aromatic carbocycles. The van der Waals surface area contributed by atoms with Gasteiger partial charge in [0.1, 0.15) is 17.9 Å². The summed E-state index contributed by atoms with van der Waals surface area (Å²) in [5, 5.41) is 11.7. The van der Waals surface area contributed by atoms with Crippen molar-refractivity contribution in [3.8, 4) is 6.07 Å². The van der Waals surface area contributed by atoms with Crippen LogP contribution in [0.15, 0.2) is 18.2 Å². The predicted molar refractivity (Wildman–Crippen MR) is 72.8 cm³/mol. The highest BCUT2D eigenvalue weighted by atomic mass is 19.1. The van der Waals surface area contributed by atoms with Gasteiger partial charge in [-0.15, -0.1) is 0 Å². The molecule has 1 aromatic rings. The Hall–Kier alpha value is -1.93. The number of halogens is 1. The number of likely N-dealkylation sites (tertiary alicyclic amines) is 1. The molecule has 0 spiro atoms. The molecule has 0 radical (unpaired) electrons. The van der Waals surface area contributed by atoms with E-state index >= 15 is 0 Å². The minimum Gasteiger partial charge on any atom is -0.346 e. The fourth-order valence-corrected chi connectivity index (χ4v) is 2.77. The number of nitrogens with one attached hydrogen (secondary N) is 2. The van der Waals surface area contributed by atoms with Crippen LogP contribution in [0.4, 0.5) is 4.39 Å². The molecule has 1 amide bonds. The van der Waals surface area contributed by atoms with E-state index in [1.54, 1.807) is 6.07 Å². The molecule has 2 unspecified atom stereocenters. The Morgan fingerprint density at radius 1 is 1.60 bits per heavy atom. The predicted octanol–water partition coefficient (Wildman–Crippen LogP) is 0.494. The number of rotatable bonds is 4. The Bertz CT molecular complexity index is 538. The van der Waals surface area contributed by atoms with Crippen LogP contribution in [-0.2, 0) is 0 Å². The number of hydrogen-bond donors (Lipinski definition) is 2. The summed E-state index contributed by atoms with van der Waals surface area (Å²) in [6, 6.07) is 6.07. The summed E-state index contributed by atoms with van der Waals surface area (Å²) in [4.78, 5) is 13.5. The first-order valence-corrected chi connectivity index (χ1v) is 6.98. The smallest absolute Gasteiger partial charge is 0.251 e. The number of quaternary nitrogens is 1. The van der Waals surface area contributed by atoms with E-state index in [2.05, 4.69) is 12.2 Å². The van der Waals surface area contributed by atoms with Crippen molar-refractivity contribution in [3.05, 3.63) is 35.1 Å². The fraction of sp³-hybridized carbons (Fsp3) is 0.467. The molecular formula is C15H19FN3O+. The molecule has 0 aromatic heterocycles. The van der Waals surface area contributed by atoms with Gasteiger partial charge in [0.25, 0.3) is 5.91 Å². The molecule has 1 fully saturated rings. The topological polar surface area (TPSA) is 57.3 Å². The summed E-state index contributed by atoms with van der Waals surface area (Å²) in [5.74, 6) is -0.842. The Labute approximate surface area is 118 Å². The first-order chi connectivity index (χ1) is 9.65. The molecule has 0 saturated carbocycles. The van der Waals surface area contributed by atoms with Gasteiger partial charge in [-0.05, 0) is 25.1 Å². The lowest BCUT2D eigenvalue weighted by molar-refractivity contribution is -0.909. The number of carbonyl (C=O) groups excluding carboxylic acids is 1. The standard InChI is InChI=1S/C15H18FN3O/c1-2-19-7-3-4-13(19)10-18-15(20)11-5-6-14(16)12(8-11)9-17/h5-6,8,13H,2-4,7,10H2,1H3,(H,18,20)/p+1. The maximum Gasteiger partial charge on any atom is 0.251 e. The van der Waals surface area contributed by atoms with E-state index in [9.17, 15) is 9.18 Å². The van der Waals surface area contributed by atoms with Crippen molar-refractivity contribution >= 4 is 5.91 Å². The van der Waals surface area contributed by atoms with Crippen molar-refractivity contribution < 1.29 is 14.1 Å². The lowest BCUT2D eigenvalue weighted by Crippen LogP contribution is -3.14. The average Bonchev–Trinajstić information content (AvgIpc) is 2.92. The zero-order valence-corrected chi connectivity index (χ0v) is 11.6. The van der Waals surface area contributed by atoms with E-state index in [4.69, 9.17) is 5.26 Å². The molecule has 1 aliphatic rings. The highest BCUT2D eigenvalue weighted by Gasteiger charge is 2.27. The van der Waals surface area contributed by atoms with Gasteiger partial charge in [0.15, 0.2) is 0 Å². The molecule has 2 N–H and O–H groups in total. The maximum atomic E-state index is 13.2. The first kappa shape index (κ1) is 14.5. The van der Waals surface area contributed by atoms with E-state index in [-0.39, 0.29) is 11.5 Å². The zero-order valence-electron chi connectivity index (χ0n) is 11.6. The van der Waals surface area contributed by atoms with Crippen LogP contribution in [0.2, 0.25) is 0 Å². The van der Waals surface area contributed by atoms with Crippen LogP contribution in [0.25, 0.3) is 0 Å². The molecule has 1 saturated heterocycles. The van der Waals surface area contributed by atoms with Crippen molar-refractivity contribution in [2.24, 2.45) is 0 Å². The third kappa shape index (κ3) is 3.14. The maximum absolute atomic E-state index is 13.2. The number of nitriles is 1. The summed E-state index contributed by atoms with van der Waals surface area (Å²) < 4.78 is 13.2. The summed E-state index contributed by atoms with van der Waals surface area (Å²) >= 11 is 0. The third-order valence-corrected chi connectivity index (χ3v) is 3.94. The van der Waals surface area contributed by atoms with Gasteiger partial charge in [-0.25, -0.2) is 4.39 Å². The highest BCUT2D eigenvalue weighted by molar-refractivity contribution is 5.94. The number of amides is 1. The quantitative estimate of drug-likeness (QED) is 0.841. The van der Waals surface area contributed by atoms with Crippen LogP contribution >= 0.6 is 0 Å². The molecule has 2 rings (SSSR count). The zero-order chi connectivity index (χ0) is 14.5. The number of benzene rings is 1. The number of carbonyl (C=O) groups is 1. The monoisotopic (exact) mass is 276 g/mol. The van der Waals surface area contributed by atoms with Gasteiger partial charge in [0.2, 0.25) is 0 Å². The van der Waals surface area contributed by atoms with Crippen LogP contribution in [0.3, 0.4) is 0 Å². The van der Waals surface area contributed by atoms with E-state index in [0.29, 0.717) is 18.2 Å². The van der Waals surface area contributed by atoms with Crippen molar-refractivity contribution in [2.75, 3.05) is 19.6 Å². The van der Waals surface area contributed by atoms with Gasteiger partial charge in [-0.2, -0.15) is 5.26 Å². The lowest BCUT2D eigenvalue weighted by Gasteiger charge is -2.20. The van der Waals surface area contributed by atoms with Gasteiger partial charge >= 0.3 is 0 Å². The van der Waals surface area contributed by atoms with Gasteiger partial charge in [-0.3, -0.25) is 4.79 Å². The second-order valence-corrected chi connectivity index (χ2v) is 5.12. The lowest BCUT2D eigenvalue weighted by atomic mass is 10.1. The second kappa shape index (κ2) is 6.49. The number of hydrogen-bond acceptors (Lipinski definition) is 2. The normalized spacial score (nSPS) is 21.4. The molecule has 0 bridgehead atoms. The van der Waals surface area contributed by atoms with Crippen molar-refractivity contribution in [2.45, 2.75) is 25.8 Å². The summed E-state index contributed by atoms with van der Waals surface area (Å²) in [6.07, 6.45) is 2.31. The third-order valence-electron chi connectivity index (χ3n) is 3.94. The molecule has 5 heteroatoms. The van der Waals surface area contributed by atoms with Crippen LogP contribution in [0.5, 0.6) is 0 Å². The van der Waals surface area contributed by atoms with Crippen LogP contribution in [0.1, 0.15) is 35.7 Å².